The van der Waals surface area contributed by atoms with E-state index >= 15 is 0 Å². The molecule has 0 aromatic rings. The largest absolute Gasteiger partial charge is 0.756 e. The highest BCUT2D eigenvalue weighted by molar-refractivity contribution is 7.45. The van der Waals surface area contributed by atoms with E-state index in [1.165, 1.54) is 70.3 Å². The summed E-state index contributed by atoms with van der Waals surface area (Å²) in [6, 6.07) is 0. The first kappa shape index (κ1) is 51.7. The van der Waals surface area contributed by atoms with Gasteiger partial charge in [0.2, 0.25) is 0 Å². The number of esters is 2. The van der Waals surface area contributed by atoms with E-state index in [9.17, 15) is 19.0 Å². The lowest BCUT2D eigenvalue weighted by Gasteiger charge is -2.28. The van der Waals surface area contributed by atoms with Crippen LogP contribution in [0.1, 0.15) is 155 Å². The van der Waals surface area contributed by atoms with Crippen molar-refractivity contribution in [2.24, 2.45) is 0 Å². The van der Waals surface area contributed by atoms with Crippen LogP contribution in [0.25, 0.3) is 0 Å². The van der Waals surface area contributed by atoms with E-state index in [1.807, 2.05) is 33.3 Å². The number of phosphoric ester groups is 1. The van der Waals surface area contributed by atoms with Crippen LogP contribution in [0.15, 0.2) is 60.8 Å². The second kappa shape index (κ2) is 36.4. The lowest BCUT2D eigenvalue weighted by Crippen LogP contribution is -2.37. The summed E-state index contributed by atoms with van der Waals surface area (Å²) >= 11 is 0. The van der Waals surface area contributed by atoms with Crippen molar-refractivity contribution >= 4 is 19.8 Å². The van der Waals surface area contributed by atoms with Gasteiger partial charge in [0, 0.05) is 12.5 Å². The van der Waals surface area contributed by atoms with Gasteiger partial charge in [0.15, 0.2) is 6.10 Å². The minimum Gasteiger partial charge on any atom is -0.756 e. The van der Waals surface area contributed by atoms with Gasteiger partial charge in [-0.2, -0.15) is 0 Å². The zero-order valence-corrected chi connectivity index (χ0v) is 35.8. The van der Waals surface area contributed by atoms with Crippen LogP contribution in [0.5, 0.6) is 0 Å². The molecule has 10 heteroatoms. The van der Waals surface area contributed by atoms with Gasteiger partial charge in [0.1, 0.15) is 19.8 Å². The molecule has 0 rings (SSSR count). The second-order valence-corrected chi connectivity index (χ2v) is 16.5. The molecule has 0 aliphatic heterocycles. The molecule has 312 valence electrons. The zero-order chi connectivity index (χ0) is 40.0. The monoisotopic (exact) mass is 780 g/mol. The van der Waals surface area contributed by atoms with Crippen LogP contribution in [0.3, 0.4) is 0 Å². The molecule has 0 spiro atoms. The molecule has 54 heavy (non-hydrogen) atoms. The molecule has 0 aromatic carbocycles. The molecule has 0 fully saturated rings. The molecule has 0 N–H and O–H groups in total. The van der Waals surface area contributed by atoms with Crippen LogP contribution in [-0.4, -0.2) is 70.0 Å². The third kappa shape index (κ3) is 39.4. The molecule has 0 radical (unpaired) electrons. The van der Waals surface area contributed by atoms with Crippen LogP contribution in [-0.2, 0) is 32.7 Å². The molecule has 9 nitrogen and oxygen atoms in total. The quantitative estimate of drug-likeness (QED) is 0.0117. The third-order valence-electron chi connectivity index (χ3n) is 8.63. The average Bonchev–Trinajstić information content (AvgIpc) is 3.12. The van der Waals surface area contributed by atoms with Crippen LogP contribution in [0, 0.1) is 0 Å². The van der Waals surface area contributed by atoms with Crippen molar-refractivity contribution < 1.29 is 42.1 Å². The maximum Gasteiger partial charge on any atom is 0.330 e. The normalized spacial score (nSPS) is 14.3. The third-order valence-corrected chi connectivity index (χ3v) is 9.59. The molecule has 0 aliphatic carbocycles. The predicted octanol–water partition coefficient (Wildman–Crippen LogP) is 11.1. The Kier molecular flexibility index (Phi) is 34.8. The Bertz CT molecular complexity index is 1110. The standard InChI is InChI=1S/C44H78NO8P/c1-6-8-10-12-14-16-18-20-22-24-26-28-30-32-34-36-43(46)50-40-42(41-52-54(48,49)51-39-38-45(3,4)5)53-44(47)37-35-33-31-29-27-25-23-21-19-17-15-13-11-9-7-2/h9,11,15,17,21,23,30,32,34,36,42H,6-8,10,12-14,16,18-20,22,24-29,31,33,35,37-41H2,1-5H3/b11-9+,17-15+,23-21+,32-30+,36-34+/t42-/m1/s1. The first-order valence-electron chi connectivity index (χ1n) is 21.0. The van der Waals surface area contributed by atoms with Gasteiger partial charge < -0.3 is 27.9 Å². The van der Waals surface area contributed by atoms with E-state index < -0.39 is 32.5 Å². The van der Waals surface area contributed by atoms with E-state index in [0.29, 0.717) is 17.4 Å². The van der Waals surface area contributed by atoms with Crippen molar-refractivity contribution in [2.45, 2.75) is 161 Å². The summed E-state index contributed by atoms with van der Waals surface area (Å²) in [7, 11) is 1.10. The lowest BCUT2D eigenvalue weighted by molar-refractivity contribution is -0.870. The highest BCUT2D eigenvalue weighted by atomic mass is 31.2. The molecular formula is C44H78NO8P. The molecule has 0 bridgehead atoms. The van der Waals surface area contributed by atoms with Crippen molar-refractivity contribution in [1.29, 1.82) is 0 Å². The summed E-state index contributed by atoms with van der Waals surface area (Å²) in [5.41, 5.74) is 0. The summed E-state index contributed by atoms with van der Waals surface area (Å²) in [4.78, 5) is 37.3. The number of allylic oxidation sites excluding steroid dienone is 9. The molecule has 1 unspecified atom stereocenters. The Balaban J connectivity index is 4.53. The van der Waals surface area contributed by atoms with Crippen molar-refractivity contribution in [2.75, 3.05) is 47.5 Å². The number of hydrogen-bond donors (Lipinski definition) is 0. The molecule has 0 aliphatic rings. The summed E-state index contributed by atoms with van der Waals surface area (Å²) in [6.07, 6.45) is 43.1. The van der Waals surface area contributed by atoms with Gasteiger partial charge in [-0.3, -0.25) is 9.36 Å². The summed E-state index contributed by atoms with van der Waals surface area (Å²) < 4.78 is 33.6. The van der Waals surface area contributed by atoms with Gasteiger partial charge in [-0.25, -0.2) is 4.79 Å². The number of unbranched alkanes of at least 4 members (excludes halogenated alkanes) is 16. The molecule has 0 saturated heterocycles. The van der Waals surface area contributed by atoms with Gasteiger partial charge in [-0.15, -0.1) is 0 Å². The van der Waals surface area contributed by atoms with Crippen molar-refractivity contribution in [3.63, 3.8) is 0 Å². The van der Waals surface area contributed by atoms with Gasteiger partial charge in [-0.05, 0) is 51.4 Å². The fourth-order valence-electron chi connectivity index (χ4n) is 5.35. The van der Waals surface area contributed by atoms with Crippen LogP contribution < -0.4 is 4.89 Å². The van der Waals surface area contributed by atoms with E-state index in [0.717, 1.165) is 64.2 Å². The molecule has 0 aromatic heterocycles. The van der Waals surface area contributed by atoms with Crippen LogP contribution >= 0.6 is 7.82 Å². The van der Waals surface area contributed by atoms with E-state index in [1.54, 1.807) is 6.08 Å². The highest BCUT2D eigenvalue weighted by Gasteiger charge is 2.21. The number of nitrogens with zero attached hydrogens (tertiary/aromatic N) is 1. The van der Waals surface area contributed by atoms with E-state index in [4.69, 9.17) is 18.5 Å². The van der Waals surface area contributed by atoms with Gasteiger partial charge in [0.05, 0.1) is 27.7 Å². The molecule has 2 atom stereocenters. The van der Waals surface area contributed by atoms with E-state index in [2.05, 4.69) is 50.3 Å². The summed E-state index contributed by atoms with van der Waals surface area (Å²) in [6.45, 7) is 3.95. The summed E-state index contributed by atoms with van der Waals surface area (Å²) in [5, 5.41) is 0. The first-order valence-corrected chi connectivity index (χ1v) is 22.5. The molecular weight excluding hydrogens is 701 g/mol. The summed E-state index contributed by atoms with van der Waals surface area (Å²) in [5.74, 6) is -1.11. The Labute approximate surface area is 330 Å². The fourth-order valence-corrected chi connectivity index (χ4v) is 6.07. The second-order valence-electron chi connectivity index (χ2n) is 15.0. The number of carbonyl (C=O) groups is 2. The fraction of sp³-hybridized carbons (Fsp3) is 0.727. The van der Waals surface area contributed by atoms with Crippen LogP contribution in [0.4, 0.5) is 0 Å². The smallest absolute Gasteiger partial charge is 0.330 e. The number of likely N-dealkylation sites (N-methyl/N-ethyl adjacent to an activating group) is 1. The minimum absolute atomic E-state index is 0.0495. The Morgan fingerprint density at radius 1 is 0.648 bits per heavy atom. The maximum atomic E-state index is 12.6. The number of hydrogen-bond acceptors (Lipinski definition) is 8. The molecule has 0 amide bonds. The number of rotatable bonds is 37. The molecule has 0 heterocycles. The van der Waals surface area contributed by atoms with E-state index in [-0.39, 0.29) is 19.6 Å². The van der Waals surface area contributed by atoms with Crippen LogP contribution in [0.2, 0.25) is 0 Å². The zero-order valence-electron chi connectivity index (χ0n) is 34.9. The molecule has 0 saturated carbocycles. The van der Waals surface area contributed by atoms with Crippen molar-refractivity contribution in [1.82, 2.24) is 0 Å². The van der Waals surface area contributed by atoms with Crippen molar-refractivity contribution in [3.8, 4) is 0 Å². The SMILES string of the molecule is CC/C=C/C/C=C/C/C=C/CCCCCCCC(=O)O[C@H](COC(=O)/C=C/C=C/CCCCCCCCCCCCC)COP(=O)([O-])OCC[N+](C)(C)C. The van der Waals surface area contributed by atoms with Gasteiger partial charge in [0.25, 0.3) is 7.82 Å². The van der Waals surface area contributed by atoms with Gasteiger partial charge in [-0.1, -0.05) is 152 Å². The average molecular weight is 780 g/mol. The number of ether oxygens (including phenoxy) is 2. The number of quaternary nitrogens is 1. The van der Waals surface area contributed by atoms with Crippen molar-refractivity contribution in [3.05, 3.63) is 60.8 Å². The predicted molar refractivity (Wildman–Crippen MR) is 222 cm³/mol. The Hall–Kier alpha value is -2.29. The Morgan fingerprint density at radius 2 is 1.19 bits per heavy atom. The lowest BCUT2D eigenvalue weighted by atomic mass is 10.1. The highest BCUT2D eigenvalue weighted by Crippen LogP contribution is 2.38. The number of phosphoric acid groups is 1. The number of carbonyl (C=O) groups excluding carboxylic acids is 2. The maximum absolute atomic E-state index is 12.6. The Morgan fingerprint density at radius 3 is 1.78 bits per heavy atom. The van der Waals surface area contributed by atoms with Gasteiger partial charge >= 0.3 is 11.9 Å². The topological polar surface area (TPSA) is 111 Å². The minimum atomic E-state index is -4.65. The first-order chi connectivity index (χ1) is 26.0.